The van der Waals surface area contributed by atoms with Gasteiger partial charge in [-0.05, 0) is 62.2 Å². The lowest BCUT2D eigenvalue weighted by Gasteiger charge is -2.13. The van der Waals surface area contributed by atoms with Gasteiger partial charge >= 0.3 is 0 Å². The maximum Gasteiger partial charge on any atom is 0.244 e. The van der Waals surface area contributed by atoms with E-state index in [0.29, 0.717) is 5.02 Å². The SMILES string of the molecule is Cc1ccc(Cl)cc1-n1c(C)cc(/C=N/NC(=O)Cc2ccc(Br)cc2)c1C. The Morgan fingerprint density at radius 3 is 2.57 bits per heavy atom. The van der Waals surface area contributed by atoms with Gasteiger partial charge in [-0.2, -0.15) is 5.10 Å². The van der Waals surface area contributed by atoms with E-state index in [2.05, 4.69) is 37.9 Å². The van der Waals surface area contributed by atoms with Crippen LogP contribution in [0.3, 0.4) is 0 Å². The van der Waals surface area contributed by atoms with Gasteiger partial charge in [-0.3, -0.25) is 4.79 Å². The van der Waals surface area contributed by atoms with Crippen LogP contribution in [0.2, 0.25) is 5.02 Å². The second-order valence-electron chi connectivity index (χ2n) is 6.69. The maximum absolute atomic E-state index is 12.1. The molecule has 0 aliphatic heterocycles. The third-order valence-corrected chi connectivity index (χ3v) is 5.32. The van der Waals surface area contributed by atoms with Crippen molar-refractivity contribution < 1.29 is 4.79 Å². The van der Waals surface area contributed by atoms with Crippen LogP contribution < -0.4 is 5.43 Å². The van der Waals surface area contributed by atoms with E-state index in [4.69, 9.17) is 11.6 Å². The molecule has 0 saturated carbocycles. The average molecular weight is 459 g/mol. The number of hydrazone groups is 1. The lowest BCUT2D eigenvalue weighted by Crippen LogP contribution is -2.19. The van der Waals surface area contributed by atoms with E-state index >= 15 is 0 Å². The molecule has 0 fully saturated rings. The molecule has 0 aliphatic carbocycles. The molecule has 0 aliphatic rings. The Kier molecular flexibility index (Phi) is 6.37. The van der Waals surface area contributed by atoms with Crippen LogP contribution in [-0.4, -0.2) is 16.7 Å². The van der Waals surface area contributed by atoms with Crippen LogP contribution >= 0.6 is 27.5 Å². The molecule has 3 aromatic rings. The van der Waals surface area contributed by atoms with Gasteiger partial charge in [0.05, 0.1) is 12.6 Å². The van der Waals surface area contributed by atoms with Crippen LogP contribution in [0.25, 0.3) is 5.69 Å². The van der Waals surface area contributed by atoms with Gasteiger partial charge in [0, 0.05) is 32.1 Å². The number of halogens is 2. The summed E-state index contributed by atoms with van der Waals surface area (Å²) in [7, 11) is 0. The van der Waals surface area contributed by atoms with Gasteiger partial charge in [0.15, 0.2) is 0 Å². The highest BCUT2D eigenvalue weighted by Gasteiger charge is 2.12. The van der Waals surface area contributed by atoms with Crippen LogP contribution in [0.5, 0.6) is 0 Å². The van der Waals surface area contributed by atoms with E-state index < -0.39 is 0 Å². The first-order chi connectivity index (χ1) is 13.3. The number of carbonyl (C=O) groups is 1. The zero-order chi connectivity index (χ0) is 20.3. The van der Waals surface area contributed by atoms with Crippen LogP contribution in [0, 0.1) is 20.8 Å². The number of hydrogen-bond donors (Lipinski definition) is 1. The Morgan fingerprint density at radius 2 is 1.86 bits per heavy atom. The van der Waals surface area contributed by atoms with Crippen molar-refractivity contribution >= 4 is 39.7 Å². The third kappa shape index (κ3) is 4.72. The molecule has 0 atom stereocenters. The van der Waals surface area contributed by atoms with Crippen LogP contribution in [0.1, 0.15) is 28.1 Å². The fourth-order valence-electron chi connectivity index (χ4n) is 3.11. The number of rotatable bonds is 5. The van der Waals surface area contributed by atoms with Crippen molar-refractivity contribution in [2.45, 2.75) is 27.2 Å². The lowest BCUT2D eigenvalue weighted by molar-refractivity contribution is -0.120. The predicted octanol–water partition coefficient (Wildman–Crippen LogP) is 5.51. The molecule has 0 spiro atoms. The standard InChI is InChI=1S/C22H21BrClN3O/c1-14-4-9-20(24)12-21(14)27-15(2)10-18(16(27)3)13-25-26-22(28)11-17-5-7-19(23)8-6-17/h4-10,12-13H,11H2,1-3H3,(H,26,28)/b25-13+. The summed E-state index contributed by atoms with van der Waals surface area (Å²) >= 11 is 9.57. The number of aromatic nitrogens is 1. The number of nitrogens with zero attached hydrogens (tertiary/aromatic N) is 2. The molecular weight excluding hydrogens is 438 g/mol. The van der Waals surface area contributed by atoms with Crippen molar-refractivity contribution in [2.75, 3.05) is 0 Å². The first-order valence-corrected chi connectivity index (χ1v) is 10.0. The van der Waals surface area contributed by atoms with Crippen molar-refractivity contribution in [3.63, 3.8) is 0 Å². The molecule has 0 radical (unpaired) electrons. The average Bonchev–Trinajstić information content (AvgIpc) is 2.93. The monoisotopic (exact) mass is 457 g/mol. The lowest BCUT2D eigenvalue weighted by atomic mass is 10.1. The first kappa shape index (κ1) is 20.4. The summed E-state index contributed by atoms with van der Waals surface area (Å²) in [6, 6.07) is 15.5. The zero-order valence-electron chi connectivity index (χ0n) is 16.0. The quantitative estimate of drug-likeness (QED) is 0.397. The van der Waals surface area contributed by atoms with E-state index in [1.165, 1.54) is 0 Å². The number of aryl methyl sites for hydroxylation is 2. The number of carbonyl (C=O) groups excluding carboxylic acids is 1. The number of hydrogen-bond acceptors (Lipinski definition) is 2. The molecule has 3 rings (SSSR count). The Bertz CT molecular complexity index is 1040. The minimum absolute atomic E-state index is 0.155. The minimum Gasteiger partial charge on any atom is -0.318 e. The summed E-state index contributed by atoms with van der Waals surface area (Å²) < 4.78 is 3.13. The second-order valence-corrected chi connectivity index (χ2v) is 8.04. The van der Waals surface area contributed by atoms with Gasteiger partial charge in [-0.1, -0.05) is 45.7 Å². The molecule has 1 N–H and O–H groups in total. The van der Waals surface area contributed by atoms with E-state index in [0.717, 1.165) is 38.2 Å². The molecule has 4 nitrogen and oxygen atoms in total. The Morgan fingerprint density at radius 1 is 1.14 bits per heavy atom. The molecule has 1 heterocycles. The van der Waals surface area contributed by atoms with Crippen LogP contribution in [0.4, 0.5) is 0 Å². The van der Waals surface area contributed by atoms with Crippen molar-refractivity contribution in [3.05, 3.63) is 86.1 Å². The number of nitrogens with one attached hydrogen (secondary N) is 1. The molecule has 0 unspecified atom stereocenters. The highest BCUT2D eigenvalue weighted by molar-refractivity contribution is 9.10. The van der Waals surface area contributed by atoms with Crippen LogP contribution in [0.15, 0.2) is 58.1 Å². The topological polar surface area (TPSA) is 46.4 Å². The van der Waals surface area contributed by atoms with Gasteiger partial charge in [0.25, 0.3) is 0 Å². The second kappa shape index (κ2) is 8.76. The summed E-state index contributed by atoms with van der Waals surface area (Å²) in [6.07, 6.45) is 1.96. The summed E-state index contributed by atoms with van der Waals surface area (Å²) in [5.74, 6) is -0.155. The fraction of sp³-hybridized carbons (Fsp3) is 0.182. The molecule has 28 heavy (non-hydrogen) atoms. The highest BCUT2D eigenvalue weighted by atomic mass is 79.9. The van der Waals surface area contributed by atoms with Crippen molar-refractivity contribution in [1.29, 1.82) is 0 Å². The van der Waals surface area contributed by atoms with Gasteiger partial charge in [0.2, 0.25) is 5.91 Å². The molecule has 2 aromatic carbocycles. The van der Waals surface area contributed by atoms with Gasteiger partial charge < -0.3 is 4.57 Å². The number of benzene rings is 2. The molecular formula is C22H21BrClN3O. The fourth-order valence-corrected chi connectivity index (χ4v) is 3.54. The van der Waals surface area contributed by atoms with Crippen molar-refractivity contribution in [2.24, 2.45) is 5.10 Å². The number of amides is 1. The van der Waals surface area contributed by atoms with E-state index in [-0.39, 0.29) is 12.3 Å². The predicted molar refractivity (Wildman–Crippen MR) is 119 cm³/mol. The highest BCUT2D eigenvalue weighted by Crippen LogP contribution is 2.25. The molecule has 144 valence electrons. The summed E-state index contributed by atoms with van der Waals surface area (Å²) in [5, 5.41) is 4.83. The van der Waals surface area contributed by atoms with Crippen molar-refractivity contribution in [1.82, 2.24) is 9.99 Å². The van der Waals surface area contributed by atoms with E-state index in [9.17, 15) is 4.79 Å². The zero-order valence-corrected chi connectivity index (χ0v) is 18.3. The Hall–Kier alpha value is -2.37. The molecule has 0 bridgehead atoms. The van der Waals surface area contributed by atoms with Gasteiger partial charge in [0.1, 0.15) is 0 Å². The van der Waals surface area contributed by atoms with Gasteiger partial charge in [-0.15, -0.1) is 0 Å². The third-order valence-electron chi connectivity index (χ3n) is 4.55. The minimum atomic E-state index is -0.155. The largest absolute Gasteiger partial charge is 0.318 e. The molecule has 1 amide bonds. The van der Waals surface area contributed by atoms with E-state index in [1.54, 1.807) is 6.21 Å². The molecule has 0 saturated heterocycles. The van der Waals surface area contributed by atoms with E-state index in [1.807, 2.05) is 62.4 Å². The molecule has 6 heteroatoms. The Balaban J connectivity index is 1.73. The first-order valence-electron chi connectivity index (χ1n) is 8.87. The van der Waals surface area contributed by atoms with Crippen LogP contribution in [-0.2, 0) is 11.2 Å². The maximum atomic E-state index is 12.1. The smallest absolute Gasteiger partial charge is 0.244 e. The summed E-state index contributed by atoms with van der Waals surface area (Å²) in [6.45, 7) is 6.12. The molecule has 1 aromatic heterocycles. The summed E-state index contributed by atoms with van der Waals surface area (Å²) in [4.78, 5) is 12.1. The summed E-state index contributed by atoms with van der Waals surface area (Å²) in [5.41, 5.74) is 8.77. The Labute approximate surface area is 178 Å². The van der Waals surface area contributed by atoms with Gasteiger partial charge in [-0.25, -0.2) is 5.43 Å². The normalized spacial score (nSPS) is 11.2. The van der Waals surface area contributed by atoms with Crippen molar-refractivity contribution in [3.8, 4) is 5.69 Å².